The number of hydrogen-bond acceptors (Lipinski definition) is 3. The summed E-state index contributed by atoms with van der Waals surface area (Å²) in [4.78, 5) is 0. The Morgan fingerprint density at radius 3 is 2.79 bits per heavy atom. The third-order valence-electron chi connectivity index (χ3n) is 4.05. The van der Waals surface area contributed by atoms with Gasteiger partial charge >= 0.3 is 0 Å². The van der Waals surface area contributed by atoms with Gasteiger partial charge in [0.05, 0.1) is 5.69 Å². The summed E-state index contributed by atoms with van der Waals surface area (Å²) in [6.45, 7) is 2.00. The Hall–Kier alpha value is -1.35. The van der Waals surface area contributed by atoms with Gasteiger partial charge < -0.3 is 5.32 Å². The van der Waals surface area contributed by atoms with Gasteiger partial charge in [-0.15, -0.1) is 16.7 Å². The predicted octanol–water partition coefficient (Wildman–Crippen LogP) is 3.76. The van der Waals surface area contributed by atoms with Gasteiger partial charge in [0.15, 0.2) is 5.82 Å². The Kier molecular flexibility index (Phi) is 3.56. The zero-order chi connectivity index (χ0) is 13.2. The summed E-state index contributed by atoms with van der Waals surface area (Å²) in [5, 5.41) is 14.5. The highest BCUT2D eigenvalue weighted by Crippen LogP contribution is 2.31. The second-order valence-electron chi connectivity index (χ2n) is 5.28. The van der Waals surface area contributed by atoms with Crippen LogP contribution in [0.3, 0.4) is 0 Å². The highest BCUT2D eigenvalue weighted by molar-refractivity contribution is 6.18. The first-order valence-electron chi connectivity index (χ1n) is 6.84. The Labute approximate surface area is 118 Å². The maximum absolute atomic E-state index is 6.04. The van der Waals surface area contributed by atoms with Crippen molar-refractivity contribution in [2.24, 2.45) is 5.92 Å². The second kappa shape index (κ2) is 5.33. The van der Waals surface area contributed by atoms with E-state index in [9.17, 15) is 0 Å². The van der Waals surface area contributed by atoms with E-state index in [1.165, 1.54) is 24.6 Å². The summed E-state index contributed by atoms with van der Waals surface area (Å²) in [6, 6.07) is 8.71. The molecule has 1 aliphatic carbocycles. The van der Waals surface area contributed by atoms with E-state index in [1.807, 2.05) is 19.1 Å². The Bertz CT molecular complexity index is 585. The smallest absolute Gasteiger partial charge is 0.156 e. The van der Waals surface area contributed by atoms with Crippen molar-refractivity contribution < 1.29 is 0 Å². The number of halogens is 1. The molecule has 2 atom stereocenters. The van der Waals surface area contributed by atoms with Crippen LogP contribution in [0.4, 0.5) is 5.82 Å². The number of benzene rings is 1. The standard InChI is InChI=1S/C15H18ClN3/c1-10-12-6-2-3-7-13(12)15(19-18-10)17-14-8-4-5-11(14)9-16/h2-3,6-7,11,14H,4-5,8-9H2,1H3,(H,17,19). The van der Waals surface area contributed by atoms with E-state index in [4.69, 9.17) is 11.6 Å². The lowest BCUT2D eigenvalue weighted by atomic mass is 10.1. The second-order valence-corrected chi connectivity index (χ2v) is 5.58. The van der Waals surface area contributed by atoms with Crippen LogP contribution in [0.1, 0.15) is 25.0 Å². The van der Waals surface area contributed by atoms with Crippen molar-refractivity contribution in [1.29, 1.82) is 0 Å². The molecule has 1 aromatic carbocycles. The van der Waals surface area contributed by atoms with Gasteiger partial charge in [-0.2, -0.15) is 5.10 Å². The van der Waals surface area contributed by atoms with Crippen molar-refractivity contribution in [2.45, 2.75) is 32.2 Å². The zero-order valence-corrected chi connectivity index (χ0v) is 11.8. The van der Waals surface area contributed by atoms with Gasteiger partial charge in [-0.25, -0.2) is 0 Å². The average Bonchev–Trinajstić information content (AvgIpc) is 2.89. The van der Waals surface area contributed by atoms with Crippen molar-refractivity contribution in [2.75, 3.05) is 11.2 Å². The van der Waals surface area contributed by atoms with E-state index in [0.717, 1.165) is 22.8 Å². The maximum Gasteiger partial charge on any atom is 0.156 e. The Morgan fingerprint density at radius 1 is 1.21 bits per heavy atom. The lowest BCUT2D eigenvalue weighted by molar-refractivity contribution is 0.561. The van der Waals surface area contributed by atoms with Crippen LogP contribution >= 0.6 is 11.6 Å². The molecule has 2 aromatic rings. The number of anilines is 1. The molecule has 1 saturated carbocycles. The number of alkyl halides is 1. The molecule has 4 heteroatoms. The molecule has 0 aliphatic heterocycles. The number of nitrogens with one attached hydrogen (secondary N) is 1. The van der Waals surface area contributed by atoms with Crippen LogP contribution in [0.2, 0.25) is 0 Å². The molecule has 3 rings (SSSR count). The minimum atomic E-state index is 0.429. The highest BCUT2D eigenvalue weighted by Gasteiger charge is 2.27. The number of rotatable bonds is 3. The number of hydrogen-bond donors (Lipinski definition) is 1. The van der Waals surface area contributed by atoms with Crippen molar-refractivity contribution in [3.8, 4) is 0 Å². The fraction of sp³-hybridized carbons (Fsp3) is 0.467. The van der Waals surface area contributed by atoms with E-state index in [0.29, 0.717) is 12.0 Å². The van der Waals surface area contributed by atoms with Gasteiger partial charge in [-0.05, 0) is 25.7 Å². The first kappa shape index (κ1) is 12.7. The minimum Gasteiger partial charge on any atom is -0.365 e. The summed E-state index contributed by atoms with van der Waals surface area (Å²) in [5.41, 5.74) is 0.974. The molecule has 0 bridgehead atoms. The summed E-state index contributed by atoms with van der Waals surface area (Å²) < 4.78 is 0. The molecule has 0 saturated heterocycles. The number of aromatic nitrogens is 2. The maximum atomic E-state index is 6.04. The van der Waals surface area contributed by atoms with E-state index in [2.05, 4.69) is 27.6 Å². The number of fused-ring (bicyclic) bond motifs is 1. The molecule has 0 radical (unpaired) electrons. The molecule has 0 amide bonds. The first-order chi connectivity index (χ1) is 9.29. The summed E-state index contributed by atoms with van der Waals surface area (Å²) >= 11 is 6.04. The van der Waals surface area contributed by atoms with Gasteiger partial charge in [-0.3, -0.25) is 0 Å². The van der Waals surface area contributed by atoms with Crippen LogP contribution in [-0.2, 0) is 0 Å². The SMILES string of the molecule is Cc1nnc(NC2CCCC2CCl)c2ccccc12. The van der Waals surface area contributed by atoms with Crippen molar-refractivity contribution in [3.05, 3.63) is 30.0 Å². The molecule has 1 aromatic heterocycles. The topological polar surface area (TPSA) is 37.8 Å². The van der Waals surface area contributed by atoms with Gasteiger partial charge in [-0.1, -0.05) is 30.7 Å². The Morgan fingerprint density at radius 2 is 2.00 bits per heavy atom. The largest absolute Gasteiger partial charge is 0.365 e. The van der Waals surface area contributed by atoms with Crippen molar-refractivity contribution >= 4 is 28.2 Å². The predicted molar refractivity (Wildman–Crippen MR) is 79.7 cm³/mol. The molecule has 2 unspecified atom stereocenters. The van der Waals surface area contributed by atoms with Crippen LogP contribution in [0.5, 0.6) is 0 Å². The molecule has 3 nitrogen and oxygen atoms in total. The minimum absolute atomic E-state index is 0.429. The molecule has 100 valence electrons. The average molecular weight is 276 g/mol. The van der Waals surface area contributed by atoms with Crippen LogP contribution in [-0.4, -0.2) is 22.1 Å². The summed E-state index contributed by atoms with van der Waals surface area (Å²) in [5.74, 6) is 2.15. The van der Waals surface area contributed by atoms with Gasteiger partial charge in [0.25, 0.3) is 0 Å². The van der Waals surface area contributed by atoms with Crippen LogP contribution in [0.25, 0.3) is 10.8 Å². The fourth-order valence-electron chi connectivity index (χ4n) is 2.93. The third kappa shape index (κ3) is 2.39. The van der Waals surface area contributed by atoms with Crippen LogP contribution in [0, 0.1) is 12.8 Å². The molecular weight excluding hydrogens is 258 g/mol. The lowest BCUT2D eigenvalue weighted by Gasteiger charge is -2.20. The van der Waals surface area contributed by atoms with Gasteiger partial charge in [0.2, 0.25) is 0 Å². The molecule has 1 fully saturated rings. The molecule has 19 heavy (non-hydrogen) atoms. The quantitative estimate of drug-likeness (QED) is 0.867. The van der Waals surface area contributed by atoms with Crippen LogP contribution < -0.4 is 5.32 Å². The highest BCUT2D eigenvalue weighted by atomic mass is 35.5. The van der Waals surface area contributed by atoms with E-state index >= 15 is 0 Å². The summed E-state index contributed by atoms with van der Waals surface area (Å²) in [7, 11) is 0. The Balaban J connectivity index is 1.95. The lowest BCUT2D eigenvalue weighted by Crippen LogP contribution is -2.25. The van der Waals surface area contributed by atoms with E-state index < -0.39 is 0 Å². The summed E-state index contributed by atoms with van der Waals surface area (Å²) in [6.07, 6.45) is 3.62. The first-order valence-corrected chi connectivity index (χ1v) is 7.37. The molecule has 0 spiro atoms. The van der Waals surface area contributed by atoms with E-state index in [1.54, 1.807) is 0 Å². The normalized spacial score (nSPS) is 22.8. The van der Waals surface area contributed by atoms with Crippen LogP contribution in [0.15, 0.2) is 24.3 Å². The molecule has 1 aliphatic rings. The third-order valence-corrected chi connectivity index (χ3v) is 4.45. The van der Waals surface area contributed by atoms with Gasteiger partial charge in [0.1, 0.15) is 0 Å². The zero-order valence-electron chi connectivity index (χ0n) is 11.1. The molecular formula is C15H18ClN3. The van der Waals surface area contributed by atoms with Crippen molar-refractivity contribution in [1.82, 2.24) is 10.2 Å². The van der Waals surface area contributed by atoms with Crippen molar-refractivity contribution in [3.63, 3.8) is 0 Å². The fourth-order valence-corrected chi connectivity index (χ4v) is 3.30. The van der Waals surface area contributed by atoms with Gasteiger partial charge in [0, 0.05) is 22.7 Å². The van der Waals surface area contributed by atoms with E-state index in [-0.39, 0.29) is 0 Å². The molecule has 1 N–H and O–H groups in total. The number of aryl methyl sites for hydroxylation is 1. The molecule has 1 heterocycles. The number of nitrogens with zero attached hydrogens (tertiary/aromatic N) is 2. The monoisotopic (exact) mass is 275 g/mol.